The lowest BCUT2D eigenvalue weighted by atomic mass is 10.0. The second-order valence-electron chi connectivity index (χ2n) is 6.50. The van der Waals surface area contributed by atoms with E-state index in [0.717, 1.165) is 26.7 Å². The van der Waals surface area contributed by atoms with Crippen molar-refractivity contribution in [3.63, 3.8) is 0 Å². The van der Waals surface area contributed by atoms with Gasteiger partial charge in [0, 0.05) is 17.7 Å². The summed E-state index contributed by atoms with van der Waals surface area (Å²) >= 11 is 0. The molecule has 2 amide bonds. The summed E-state index contributed by atoms with van der Waals surface area (Å²) < 4.78 is 24.9. The van der Waals surface area contributed by atoms with Crippen LogP contribution in [0, 0.1) is 20.8 Å². The van der Waals surface area contributed by atoms with E-state index in [1.54, 1.807) is 12.1 Å². The molecule has 0 unspecified atom stereocenters. The highest BCUT2D eigenvalue weighted by atomic mass is 32.2. The van der Waals surface area contributed by atoms with E-state index in [4.69, 9.17) is 0 Å². The molecule has 0 spiro atoms. The van der Waals surface area contributed by atoms with Crippen molar-refractivity contribution >= 4 is 33.2 Å². The van der Waals surface area contributed by atoms with Gasteiger partial charge in [0.15, 0.2) is 0 Å². The zero-order valence-corrected chi connectivity index (χ0v) is 15.7. The lowest BCUT2D eigenvalue weighted by Crippen LogP contribution is -2.29. The van der Waals surface area contributed by atoms with Gasteiger partial charge in [-0.3, -0.25) is 9.59 Å². The van der Waals surface area contributed by atoms with Crippen molar-refractivity contribution in [2.24, 2.45) is 0 Å². The largest absolute Gasteiger partial charge is 0.322 e. The fraction of sp³-hybridized carbons (Fsp3) is 0.263. The average Bonchev–Trinajstić information content (AvgIpc) is 2.83. The van der Waals surface area contributed by atoms with Crippen molar-refractivity contribution in [2.75, 3.05) is 15.4 Å². The minimum Gasteiger partial charge on any atom is -0.322 e. The second kappa shape index (κ2) is 6.57. The van der Waals surface area contributed by atoms with Crippen LogP contribution in [0.15, 0.2) is 36.4 Å². The van der Waals surface area contributed by atoms with E-state index in [2.05, 4.69) is 5.32 Å². The van der Waals surface area contributed by atoms with Gasteiger partial charge < -0.3 is 5.32 Å². The molecule has 3 rings (SSSR count). The Bertz CT molecular complexity index is 989. The summed E-state index contributed by atoms with van der Waals surface area (Å²) in [5.74, 6) is -1.04. The van der Waals surface area contributed by atoms with Crippen LogP contribution in [0.4, 0.5) is 11.4 Å². The van der Waals surface area contributed by atoms with Crippen molar-refractivity contribution in [2.45, 2.75) is 27.2 Å². The molecule has 2 aromatic rings. The van der Waals surface area contributed by atoms with E-state index in [-0.39, 0.29) is 29.3 Å². The van der Waals surface area contributed by atoms with Gasteiger partial charge in [0.2, 0.25) is 15.9 Å². The quantitative estimate of drug-likeness (QED) is 0.898. The number of anilines is 2. The summed E-state index contributed by atoms with van der Waals surface area (Å²) in [6, 6.07) is 10.1. The SMILES string of the molecule is Cc1cc(C)c(NC(=O)c2cccc(N3C(=O)CCS3(=O)=O)c2)c(C)c1. The second-order valence-corrected chi connectivity index (χ2v) is 8.44. The molecule has 136 valence electrons. The molecule has 2 aromatic carbocycles. The highest BCUT2D eigenvalue weighted by molar-refractivity contribution is 7.94. The van der Waals surface area contributed by atoms with Gasteiger partial charge in [-0.1, -0.05) is 23.8 Å². The van der Waals surface area contributed by atoms with Crippen LogP contribution in [0.25, 0.3) is 0 Å². The topological polar surface area (TPSA) is 83.6 Å². The lowest BCUT2D eigenvalue weighted by Gasteiger charge is -2.16. The zero-order valence-electron chi connectivity index (χ0n) is 14.9. The number of hydrogen-bond donors (Lipinski definition) is 1. The Morgan fingerprint density at radius 2 is 1.73 bits per heavy atom. The maximum atomic E-state index is 12.6. The van der Waals surface area contributed by atoms with Gasteiger partial charge in [0.25, 0.3) is 5.91 Å². The Labute approximate surface area is 152 Å². The number of rotatable bonds is 3. The molecule has 0 saturated carbocycles. The number of carbonyl (C=O) groups excluding carboxylic acids is 2. The lowest BCUT2D eigenvalue weighted by molar-refractivity contribution is -0.116. The van der Waals surface area contributed by atoms with Gasteiger partial charge >= 0.3 is 0 Å². The molecule has 0 aromatic heterocycles. The van der Waals surface area contributed by atoms with Crippen LogP contribution < -0.4 is 9.62 Å². The molecule has 7 heteroatoms. The third-order valence-electron chi connectivity index (χ3n) is 4.34. The third kappa shape index (κ3) is 3.35. The number of amides is 2. The van der Waals surface area contributed by atoms with Gasteiger partial charge in [-0.05, 0) is 50.1 Å². The first-order valence-corrected chi connectivity index (χ1v) is 9.85. The van der Waals surface area contributed by atoms with Crippen LogP contribution >= 0.6 is 0 Å². The fourth-order valence-corrected chi connectivity index (χ4v) is 4.66. The van der Waals surface area contributed by atoms with Crippen molar-refractivity contribution < 1.29 is 18.0 Å². The molecule has 1 heterocycles. The Kier molecular flexibility index (Phi) is 4.58. The van der Waals surface area contributed by atoms with Crippen LogP contribution in [0.1, 0.15) is 33.5 Å². The van der Waals surface area contributed by atoms with Crippen LogP contribution in [-0.2, 0) is 14.8 Å². The van der Waals surface area contributed by atoms with Gasteiger partial charge in [-0.15, -0.1) is 0 Å². The molecule has 6 nitrogen and oxygen atoms in total. The number of hydrogen-bond acceptors (Lipinski definition) is 4. The van der Waals surface area contributed by atoms with E-state index >= 15 is 0 Å². The monoisotopic (exact) mass is 372 g/mol. The minimum absolute atomic E-state index is 0.0412. The minimum atomic E-state index is -3.66. The summed E-state index contributed by atoms with van der Waals surface area (Å²) in [5.41, 5.74) is 4.22. The summed E-state index contributed by atoms with van der Waals surface area (Å²) in [4.78, 5) is 24.6. The van der Waals surface area contributed by atoms with Gasteiger partial charge in [0.1, 0.15) is 0 Å². The summed E-state index contributed by atoms with van der Waals surface area (Å²) in [6.45, 7) is 5.82. The van der Waals surface area contributed by atoms with E-state index < -0.39 is 15.9 Å². The number of sulfonamides is 1. The Morgan fingerprint density at radius 1 is 1.08 bits per heavy atom. The zero-order chi connectivity index (χ0) is 19.1. The first-order chi connectivity index (χ1) is 12.2. The maximum Gasteiger partial charge on any atom is 0.255 e. The molecule has 0 atom stereocenters. The van der Waals surface area contributed by atoms with E-state index in [0.29, 0.717) is 0 Å². The predicted molar refractivity (Wildman–Crippen MR) is 101 cm³/mol. The number of carbonyl (C=O) groups is 2. The van der Waals surface area contributed by atoms with Crippen molar-refractivity contribution in [1.29, 1.82) is 0 Å². The molecular weight excluding hydrogens is 352 g/mol. The predicted octanol–water partition coefficient (Wildman–Crippen LogP) is 2.93. The molecule has 1 N–H and O–H groups in total. The summed E-state index contributed by atoms with van der Waals surface area (Å²) in [7, 11) is -3.66. The molecule has 1 aliphatic rings. The number of nitrogens with one attached hydrogen (secondary N) is 1. The number of aryl methyl sites for hydroxylation is 3. The normalized spacial score (nSPS) is 16.0. The van der Waals surface area contributed by atoms with Crippen molar-refractivity contribution in [3.8, 4) is 0 Å². The first kappa shape index (κ1) is 18.1. The summed E-state index contributed by atoms with van der Waals surface area (Å²) in [6.07, 6.45) is -0.0412. The highest BCUT2D eigenvalue weighted by Gasteiger charge is 2.36. The van der Waals surface area contributed by atoms with E-state index in [9.17, 15) is 18.0 Å². The average molecular weight is 372 g/mol. The Morgan fingerprint density at radius 3 is 2.31 bits per heavy atom. The van der Waals surface area contributed by atoms with Crippen LogP contribution in [0.5, 0.6) is 0 Å². The fourth-order valence-electron chi connectivity index (χ4n) is 3.21. The molecule has 1 aliphatic heterocycles. The van der Waals surface area contributed by atoms with E-state index in [1.807, 2.05) is 32.9 Å². The van der Waals surface area contributed by atoms with Crippen LogP contribution in [-0.4, -0.2) is 26.0 Å². The molecule has 1 fully saturated rings. The van der Waals surface area contributed by atoms with Gasteiger partial charge in [-0.2, -0.15) is 0 Å². The third-order valence-corrected chi connectivity index (χ3v) is 6.03. The van der Waals surface area contributed by atoms with Crippen molar-refractivity contribution in [1.82, 2.24) is 0 Å². The molecule has 0 bridgehead atoms. The maximum absolute atomic E-state index is 12.6. The number of nitrogens with zero attached hydrogens (tertiary/aromatic N) is 1. The van der Waals surface area contributed by atoms with Crippen LogP contribution in [0.2, 0.25) is 0 Å². The highest BCUT2D eigenvalue weighted by Crippen LogP contribution is 2.27. The number of benzene rings is 2. The molecule has 0 radical (unpaired) electrons. The van der Waals surface area contributed by atoms with Gasteiger partial charge in [-0.25, -0.2) is 12.7 Å². The standard InChI is InChI=1S/C19H20N2O4S/c1-12-9-13(2)18(14(3)10-12)20-19(23)15-5-4-6-16(11-15)21-17(22)7-8-26(21,24)25/h4-6,9-11H,7-8H2,1-3H3,(H,20,23). The molecule has 26 heavy (non-hydrogen) atoms. The molecule has 1 saturated heterocycles. The Balaban J connectivity index is 1.92. The molecule has 0 aliphatic carbocycles. The molecular formula is C19H20N2O4S. The van der Waals surface area contributed by atoms with Crippen LogP contribution in [0.3, 0.4) is 0 Å². The first-order valence-electron chi connectivity index (χ1n) is 8.24. The van der Waals surface area contributed by atoms with Gasteiger partial charge in [0.05, 0.1) is 11.4 Å². The van der Waals surface area contributed by atoms with E-state index in [1.165, 1.54) is 12.1 Å². The summed E-state index contributed by atoms with van der Waals surface area (Å²) in [5, 5.41) is 2.88. The smallest absolute Gasteiger partial charge is 0.255 e. The van der Waals surface area contributed by atoms with Crippen molar-refractivity contribution in [3.05, 3.63) is 58.7 Å². The Hall–Kier alpha value is -2.67.